The Kier molecular flexibility index (Phi) is 6.18. The van der Waals surface area contributed by atoms with Gasteiger partial charge in [0.25, 0.3) is 0 Å². The number of carbonyl (C=O) groups is 1. The van der Waals surface area contributed by atoms with Crippen LogP contribution in [0.25, 0.3) is 0 Å². The zero-order valence-corrected chi connectivity index (χ0v) is 13.6. The quantitative estimate of drug-likeness (QED) is 0.765. The first-order chi connectivity index (χ1) is 10.6. The molecule has 22 heavy (non-hydrogen) atoms. The van der Waals surface area contributed by atoms with Gasteiger partial charge in [-0.25, -0.2) is 0 Å². The molecule has 124 valence electrons. The van der Waals surface area contributed by atoms with Gasteiger partial charge in [-0.3, -0.25) is 14.6 Å². The van der Waals surface area contributed by atoms with Crippen molar-refractivity contribution >= 4 is 5.91 Å². The number of aliphatic hydroxyl groups is 1. The zero-order chi connectivity index (χ0) is 16.0. The molecule has 1 aliphatic carbocycles. The molecular weight excluding hydrogens is 280 g/mol. The van der Waals surface area contributed by atoms with E-state index < -0.39 is 5.54 Å². The van der Waals surface area contributed by atoms with Crippen LogP contribution in [0, 0.1) is 11.3 Å². The van der Waals surface area contributed by atoms with Gasteiger partial charge >= 0.3 is 0 Å². The summed E-state index contributed by atoms with van der Waals surface area (Å²) in [7, 11) is 0. The van der Waals surface area contributed by atoms with Gasteiger partial charge in [-0.1, -0.05) is 19.3 Å². The Balaban J connectivity index is 1.86. The Morgan fingerprint density at radius 1 is 1.27 bits per heavy atom. The molecule has 1 saturated heterocycles. The van der Waals surface area contributed by atoms with E-state index in [1.54, 1.807) is 0 Å². The molecule has 0 radical (unpaired) electrons. The highest BCUT2D eigenvalue weighted by Crippen LogP contribution is 2.27. The van der Waals surface area contributed by atoms with E-state index in [4.69, 9.17) is 5.11 Å². The zero-order valence-electron chi connectivity index (χ0n) is 13.6. The van der Waals surface area contributed by atoms with Crippen LogP contribution in [0.1, 0.15) is 39.0 Å². The number of aliphatic hydroxyl groups excluding tert-OH is 1. The fourth-order valence-electron chi connectivity index (χ4n) is 3.44. The van der Waals surface area contributed by atoms with E-state index in [9.17, 15) is 10.1 Å². The summed E-state index contributed by atoms with van der Waals surface area (Å²) in [6, 6.07) is 2.14. The molecule has 1 aliphatic heterocycles. The highest BCUT2D eigenvalue weighted by molar-refractivity contribution is 5.82. The van der Waals surface area contributed by atoms with Crippen LogP contribution in [0.3, 0.4) is 0 Å². The Morgan fingerprint density at radius 2 is 1.91 bits per heavy atom. The highest BCUT2D eigenvalue weighted by Gasteiger charge is 2.36. The molecule has 2 rings (SSSR count). The van der Waals surface area contributed by atoms with E-state index in [1.165, 1.54) is 0 Å². The molecule has 6 heteroatoms. The molecule has 1 amide bonds. The van der Waals surface area contributed by atoms with Gasteiger partial charge in [0.15, 0.2) is 0 Å². The predicted molar refractivity (Wildman–Crippen MR) is 84.1 cm³/mol. The second-order valence-electron chi connectivity index (χ2n) is 6.52. The van der Waals surface area contributed by atoms with Crippen LogP contribution in [0.15, 0.2) is 0 Å². The van der Waals surface area contributed by atoms with Crippen LogP contribution < -0.4 is 5.32 Å². The van der Waals surface area contributed by atoms with Gasteiger partial charge < -0.3 is 10.4 Å². The molecule has 2 aliphatic rings. The summed E-state index contributed by atoms with van der Waals surface area (Å²) in [6.45, 7) is 6.21. The van der Waals surface area contributed by atoms with Gasteiger partial charge in [-0.15, -0.1) is 0 Å². The van der Waals surface area contributed by atoms with Crippen molar-refractivity contribution in [3.05, 3.63) is 0 Å². The molecule has 1 atom stereocenters. The van der Waals surface area contributed by atoms with Gasteiger partial charge in [0.2, 0.25) is 5.91 Å². The molecule has 6 nitrogen and oxygen atoms in total. The van der Waals surface area contributed by atoms with Crippen molar-refractivity contribution in [3.8, 4) is 6.07 Å². The molecule has 0 aromatic rings. The Bertz CT molecular complexity index is 407. The number of piperazine rings is 1. The molecule has 0 aromatic heterocycles. The fraction of sp³-hybridized carbons (Fsp3) is 0.875. The fourth-order valence-corrected chi connectivity index (χ4v) is 3.44. The smallest absolute Gasteiger partial charge is 0.238 e. The summed E-state index contributed by atoms with van der Waals surface area (Å²) in [5.74, 6) is -0.0286. The third-order valence-corrected chi connectivity index (χ3v) is 5.03. The summed E-state index contributed by atoms with van der Waals surface area (Å²) in [5, 5.41) is 21.5. The van der Waals surface area contributed by atoms with Crippen LogP contribution in [-0.4, -0.2) is 71.7 Å². The van der Waals surface area contributed by atoms with Crippen molar-refractivity contribution in [1.82, 2.24) is 15.1 Å². The standard InChI is InChI=1S/C16H28N4O2/c1-14(20-9-7-19(8-10-20)11-12-21)15(22)18-16(13-17)5-3-2-4-6-16/h14,21H,2-12H2,1H3,(H,18,22)/t14-/m1/s1. The van der Waals surface area contributed by atoms with E-state index in [2.05, 4.69) is 21.2 Å². The third kappa shape index (κ3) is 4.19. The predicted octanol–water partition coefficient (Wildman–Crippen LogP) is 0.327. The Hall–Kier alpha value is -1.16. The molecule has 0 unspecified atom stereocenters. The van der Waals surface area contributed by atoms with Crippen molar-refractivity contribution < 1.29 is 9.90 Å². The largest absolute Gasteiger partial charge is 0.395 e. The first-order valence-corrected chi connectivity index (χ1v) is 8.41. The van der Waals surface area contributed by atoms with Crippen LogP contribution in [-0.2, 0) is 4.79 Å². The van der Waals surface area contributed by atoms with Crippen molar-refractivity contribution in [2.24, 2.45) is 0 Å². The minimum Gasteiger partial charge on any atom is -0.395 e. The van der Waals surface area contributed by atoms with Crippen molar-refractivity contribution in [2.45, 2.75) is 50.6 Å². The summed E-state index contributed by atoms with van der Waals surface area (Å²) in [5.41, 5.74) is -0.650. The van der Waals surface area contributed by atoms with Gasteiger partial charge in [0, 0.05) is 32.7 Å². The highest BCUT2D eigenvalue weighted by atomic mass is 16.3. The van der Waals surface area contributed by atoms with Crippen LogP contribution in [0.2, 0.25) is 0 Å². The van der Waals surface area contributed by atoms with E-state index in [1.807, 2.05) is 6.92 Å². The minimum atomic E-state index is -0.650. The van der Waals surface area contributed by atoms with Crippen LogP contribution >= 0.6 is 0 Å². The second kappa shape index (κ2) is 7.91. The molecule has 1 heterocycles. The molecule has 2 N–H and O–H groups in total. The SMILES string of the molecule is C[C@H](C(=O)NC1(C#N)CCCCC1)N1CCN(CCO)CC1. The first kappa shape index (κ1) is 17.2. The van der Waals surface area contributed by atoms with Gasteiger partial charge in [-0.2, -0.15) is 5.26 Å². The number of nitrogens with one attached hydrogen (secondary N) is 1. The summed E-state index contributed by atoms with van der Waals surface area (Å²) in [6.07, 6.45) is 4.73. The number of rotatable bonds is 5. The summed E-state index contributed by atoms with van der Waals surface area (Å²) >= 11 is 0. The number of β-amino-alcohol motifs (C(OH)–C–C–N with tert-alkyl or cyclic N) is 1. The van der Waals surface area contributed by atoms with E-state index in [0.717, 1.165) is 58.3 Å². The summed E-state index contributed by atoms with van der Waals surface area (Å²) in [4.78, 5) is 16.9. The molecular formula is C16H28N4O2. The lowest BCUT2D eigenvalue weighted by Gasteiger charge is -2.39. The lowest BCUT2D eigenvalue weighted by atomic mass is 9.82. The maximum atomic E-state index is 12.5. The van der Waals surface area contributed by atoms with E-state index in [0.29, 0.717) is 6.54 Å². The third-order valence-electron chi connectivity index (χ3n) is 5.03. The van der Waals surface area contributed by atoms with Crippen LogP contribution in [0.5, 0.6) is 0 Å². The average Bonchev–Trinajstić information content (AvgIpc) is 2.56. The molecule has 0 spiro atoms. The maximum Gasteiger partial charge on any atom is 0.238 e. The Morgan fingerprint density at radius 3 is 2.45 bits per heavy atom. The number of hydrogen-bond acceptors (Lipinski definition) is 5. The molecule has 0 bridgehead atoms. The molecule has 2 fully saturated rings. The number of amides is 1. The van der Waals surface area contributed by atoms with Crippen molar-refractivity contribution in [3.63, 3.8) is 0 Å². The van der Waals surface area contributed by atoms with Crippen molar-refractivity contribution in [2.75, 3.05) is 39.3 Å². The second-order valence-corrected chi connectivity index (χ2v) is 6.52. The van der Waals surface area contributed by atoms with Crippen molar-refractivity contribution in [1.29, 1.82) is 5.26 Å². The first-order valence-electron chi connectivity index (χ1n) is 8.41. The monoisotopic (exact) mass is 308 g/mol. The lowest BCUT2D eigenvalue weighted by Crippen LogP contribution is -2.58. The van der Waals surface area contributed by atoms with Crippen LogP contribution in [0.4, 0.5) is 0 Å². The van der Waals surface area contributed by atoms with Gasteiger partial charge in [-0.05, 0) is 19.8 Å². The number of carbonyl (C=O) groups excluding carboxylic acids is 1. The molecule has 0 aromatic carbocycles. The van der Waals surface area contributed by atoms with E-state index in [-0.39, 0.29) is 18.6 Å². The lowest BCUT2D eigenvalue weighted by molar-refractivity contribution is -0.128. The minimum absolute atomic E-state index is 0.0286. The topological polar surface area (TPSA) is 79.6 Å². The molecule has 1 saturated carbocycles. The number of nitrogens with zero attached hydrogens (tertiary/aromatic N) is 3. The number of hydrogen-bond donors (Lipinski definition) is 2. The Labute approximate surface area is 133 Å². The number of nitriles is 1. The summed E-state index contributed by atoms with van der Waals surface area (Å²) < 4.78 is 0. The van der Waals surface area contributed by atoms with Gasteiger partial charge in [0.05, 0.1) is 18.7 Å². The van der Waals surface area contributed by atoms with Gasteiger partial charge in [0.1, 0.15) is 5.54 Å². The normalized spacial score (nSPS) is 24.4. The maximum absolute atomic E-state index is 12.5. The average molecular weight is 308 g/mol. The van der Waals surface area contributed by atoms with E-state index >= 15 is 0 Å².